The summed E-state index contributed by atoms with van der Waals surface area (Å²) in [6.45, 7) is 2.19. The molecule has 1 amide bonds. The molecule has 2 aliphatic rings. The first kappa shape index (κ1) is 11.3. The molecule has 18 heavy (non-hydrogen) atoms. The molecule has 1 aliphatic heterocycles. The van der Waals surface area contributed by atoms with Crippen molar-refractivity contribution in [2.75, 3.05) is 6.79 Å². The summed E-state index contributed by atoms with van der Waals surface area (Å²) in [5.74, 6) is 1.39. The lowest BCUT2D eigenvalue weighted by Crippen LogP contribution is -2.43. The van der Waals surface area contributed by atoms with Gasteiger partial charge in [0, 0.05) is 0 Å². The number of carbonyl (C=O) groups is 1. The molecule has 3 N–H and O–H groups in total. The fourth-order valence-corrected chi connectivity index (χ4v) is 1.97. The SMILES string of the molecule is CC(NC(=O)C1(N)CC1)c1ccc2c(c1)OCO2. The molecule has 1 aliphatic carbocycles. The Morgan fingerprint density at radius 2 is 2.11 bits per heavy atom. The molecule has 0 saturated heterocycles. The quantitative estimate of drug-likeness (QED) is 0.839. The smallest absolute Gasteiger partial charge is 0.240 e. The fourth-order valence-electron chi connectivity index (χ4n) is 1.97. The molecule has 5 heteroatoms. The summed E-state index contributed by atoms with van der Waals surface area (Å²) in [5.41, 5.74) is 6.20. The average Bonchev–Trinajstić information content (AvgIpc) is 2.93. The predicted molar refractivity (Wildman–Crippen MR) is 65.3 cm³/mol. The number of rotatable bonds is 3. The van der Waals surface area contributed by atoms with Crippen LogP contribution in [0.15, 0.2) is 18.2 Å². The molecule has 1 atom stereocenters. The number of benzene rings is 1. The molecule has 3 rings (SSSR count). The lowest BCUT2D eigenvalue weighted by molar-refractivity contribution is -0.123. The number of carbonyl (C=O) groups excluding carboxylic acids is 1. The van der Waals surface area contributed by atoms with Gasteiger partial charge < -0.3 is 20.5 Å². The number of nitrogens with two attached hydrogens (primary N) is 1. The number of nitrogens with one attached hydrogen (secondary N) is 1. The zero-order valence-corrected chi connectivity index (χ0v) is 10.2. The van der Waals surface area contributed by atoms with Gasteiger partial charge in [0.25, 0.3) is 0 Å². The van der Waals surface area contributed by atoms with E-state index in [2.05, 4.69) is 5.32 Å². The van der Waals surface area contributed by atoms with E-state index in [1.165, 1.54) is 0 Å². The molecule has 0 spiro atoms. The largest absolute Gasteiger partial charge is 0.454 e. The van der Waals surface area contributed by atoms with E-state index < -0.39 is 5.54 Å². The number of hydrogen-bond acceptors (Lipinski definition) is 4. The maximum Gasteiger partial charge on any atom is 0.240 e. The van der Waals surface area contributed by atoms with Crippen molar-refractivity contribution in [2.24, 2.45) is 5.73 Å². The Bertz CT molecular complexity index is 497. The van der Waals surface area contributed by atoms with Gasteiger partial charge in [-0.2, -0.15) is 0 Å². The Labute approximate surface area is 105 Å². The standard InChI is InChI=1S/C13H16N2O3/c1-8(15-12(16)13(14)4-5-13)9-2-3-10-11(6-9)18-7-17-10/h2-3,6,8H,4-5,7,14H2,1H3,(H,15,16). The molecule has 96 valence electrons. The van der Waals surface area contributed by atoms with Gasteiger partial charge in [-0.25, -0.2) is 0 Å². The van der Waals surface area contributed by atoms with Gasteiger partial charge >= 0.3 is 0 Å². The van der Waals surface area contributed by atoms with Crippen LogP contribution in [-0.4, -0.2) is 18.2 Å². The Balaban J connectivity index is 1.72. The number of hydrogen-bond donors (Lipinski definition) is 2. The summed E-state index contributed by atoms with van der Waals surface area (Å²) in [4.78, 5) is 11.9. The Morgan fingerprint density at radius 1 is 1.39 bits per heavy atom. The summed E-state index contributed by atoms with van der Waals surface area (Å²) < 4.78 is 10.6. The lowest BCUT2D eigenvalue weighted by atomic mass is 10.1. The molecule has 1 fully saturated rings. The van der Waals surface area contributed by atoms with E-state index in [1.54, 1.807) is 0 Å². The number of ether oxygens (including phenoxy) is 2. The van der Waals surface area contributed by atoms with Gasteiger partial charge in [-0.15, -0.1) is 0 Å². The van der Waals surface area contributed by atoms with Crippen molar-refractivity contribution >= 4 is 5.91 Å². The van der Waals surface area contributed by atoms with Crippen LogP contribution in [0.3, 0.4) is 0 Å². The zero-order valence-electron chi connectivity index (χ0n) is 10.2. The summed E-state index contributed by atoms with van der Waals surface area (Å²) in [6.07, 6.45) is 1.54. The zero-order chi connectivity index (χ0) is 12.8. The van der Waals surface area contributed by atoms with E-state index in [0.717, 1.165) is 29.9 Å². The lowest BCUT2D eigenvalue weighted by Gasteiger charge is -2.17. The third-order valence-electron chi connectivity index (χ3n) is 3.49. The fraction of sp³-hybridized carbons (Fsp3) is 0.462. The van der Waals surface area contributed by atoms with Crippen molar-refractivity contribution in [2.45, 2.75) is 31.3 Å². The summed E-state index contributed by atoms with van der Waals surface area (Å²) in [5, 5.41) is 2.93. The molecular weight excluding hydrogens is 232 g/mol. The van der Waals surface area contributed by atoms with Crippen LogP contribution in [0.4, 0.5) is 0 Å². The van der Waals surface area contributed by atoms with Crippen LogP contribution in [0.1, 0.15) is 31.4 Å². The second-order valence-electron chi connectivity index (χ2n) is 4.96. The van der Waals surface area contributed by atoms with Crippen molar-refractivity contribution in [3.8, 4) is 11.5 Å². The minimum atomic E-state index is -0.634. The molecule has 1 aromatic rings. The second-order valence-corrected chi connectivity index (χ2v) is 4.96. The third-order valence-corrected chi connectivity index (χ3v) is 3.49. The van der Waals surface area contributed by atoms with Gasteiger partial charge in [-0.1, -0.05) is 6.07 Å². The van der Waals surface area contributed by atoms with Crippen molar-refractivity contribution in [1.82, 2.24) is 5.32 Å². The van der Waals surface area contributed by atoms with E-state index >= 15 is 0 Å². The Hall–Kier alpha value is -1.75. The molecule has 1 heterocycles. The highest BCUT2D eigenvalue weighted by Crippen LogP contribution is 2.35. The van der Waals surface area contributed by atoms with Gasteiger partial charge in [0.2, 0.25) is 12.7 Å². The first-order valence-electron chi connectivity index (χ1n) is 6.08. The van der Waals surface area contributed by atoms with Crippen molar-refractivity contribution < 1.29 is 14.3 Å². The molecular formula is C13H16N2O3. The van der Waals surface area contributed by atoms with Crippen LogP contribution < -0.4 is 20.5 Å². The highest BCUT2D eigenvalue weighted by Gasteiger charge is 2.46. The van der Waals surface area contributed by atoms with E-state index in [-0.39, 0.29) is 18.7 Å². The van der Waals surface area contributed by atoms with Gasteiger partial charge in [0.05, 0.1) is 11.6 Å². The third kappa shape index (κ3) is 1.90. The first-order valence-corrected chi connectivity index (χ1v) is 6.08. The summed E-state index contributed by atoms with van der Waals surface area (Å²) in [6, 6.07) is 5.58. The molecule has 1 unspecified atom stereocenters. The van der Waals surface area contributed by atoms with Crippen molar-refractivity contribution in [3.05, 3.63) is 23.8 Å². The van der Waals surface area contributed by atoms with Crippen LogP contribution in [-0.2, 0) is 4.79 Å². The Morgan fingerprint density at radius 3 is 2.83 bits per heavy atom. The van der Waals surface area contributed by atoms with E-state index in [9.17, 15) is 4.79 Å². The molecule has 5 nitrogen and oxygen atoms in total. The van der Waals surface area contributed by atoms with Gasteiger partial charge in [0.15, 0.2) is 11.5 Å². The minimum absolute atomic E-state index is 0.0762. The topological polar surface area (TPSA) is 73.6 Å². The van der Waals surface area contributed by atoms with Crippen LogP contribution in [0.5, 0.6) is 11.5 Å². The highest BCUT2D eigenvalue weighted by molar-refractivity contribution is 5.89. The second kappa shape index (κ2) is 3.88. The molecule has 0 radical (unpaired) electrons. The van der Waals surface area contributed by atoms with Crippen molar-refractivity contribution in [1.29, 1.82) is 0 Å². The normalized spacial score (nSPS) is 20.3. The maximum atomic E-state index is 11.9. The van der Waals surface area contributed by atoms with Gasteiger partial charge in [-0.05, 0) is 37.5 Å². The number of fused-ring (bicyclic) bond motifs is 1. The van der Waals surface area contributed by atoms with Gasteiger partial charge in [0.1, 0.15) is 0 Å². The van der Waals surface area contributed by atoms with E-state index in [4.69, 9.17) is 15.2 Å². The molecule has 1 saturated carbocycles. The molecule has 0 aromatic heterocycles. The average molecular weight is 248 g/mol. The highest BCUT2D eigenvalue weighted by atomic mass is 16.7. The van der Waals surface area contributed by atoms with Crippen LogP contribution in [0.2, 0.25) is 0 Å². The van der Waals surface area contributed by atoms with E-state index in [1.807, 2.05) is 25.1 Å². The number of amides is 1. The molecule has 1 aromatic carbocycles. The monoisotopic (exact) mass is 248 g/mol. The van der Waals surface area contributed by atoms with Crippen molar-refractivity contribution in [3.63, 3.8) is 0 Å². The molecule has 0 bridgehead atoms. The summed E-state index contributed by atoms with van der Waals surface area (Å²) >= 11 is 0. The first-order chi connectivity index (χ1) is 8.58. The maximum absolute atomic E-state index is 11.9. The van der Waals surface area contributed by atoms with Crippen LogP contribution in [0.25, 0.3) is 0 Å². The minimum Gasteiger partial charge on any atom is -0.454 e. The predicted octanol–water partition coefficient (Wildman–Crippen LogP) is 1.08. The Kier molecular flexibility index (Phi) is 2.45. The summed E-state index contributed by atoms with van der Waals surface area (Å²) in [7, 11) is 0. The van der Waals surface area contributed by atoms with Gasteiger partial charge in [-0.3, -0.25) is 4.79 Å². The van der Waals surface area contributed by atoms with E-state index in [0.29, 0.717) is 0 Å². The van der Waals surface area contributed by atoms with Crippen LogP contribution >= 0.6 is 0 Å². The van der Waals surface area contributed by atoms with Crippen LogP contribution in [0, 0.1) is 0 Å².